The minimum Gasteiger partial charge on any atom is -0.510 e. The Kier molecular flexibility index (Phi) is 5.15. The van der Waals surface area contributed by atoms with Crippen LogP contribution in [-0.2, 0) is 14.3 Å². The topological polar surface area (TPSA) is 171 Å². The fraction of sp³-hybridized carbons (Fsp3) is 0.435. The predicted molar refractivity (Wildman–Crippen MR) is 115 cm³/mol. The molecule has 0 aliphatic heterocycles. The molecule has 0 saturated heterocycles. The average molecular weight is 458 g/mol. The summed E-state index contributed by atoms with van der Waals surface area (Å²) in [4.78, 5) is 40.4. The molecule has 0 radical (unpaired) electrons. The normalized spacial score (nSPS) is 33.7. The number of amides is 1. The van der Waals surface area contributed by atoms with E-state index >= 15 is 0 Å². The number of hydrogen-bond donors (Lipinski definition) is 5. The Hall–Kier alpha value is -3.21. The molecule has 0 bridgehead atoms. The van der Waals surface area contributed by atoms with Crippen molar-refractivity contribution < 1.29 is 39.5 Å². The molecule has 0 aromatic heterocycles. The van der Waals surface area contributed by atoms with Gasteiger partial charge in [0.15, 0.2) is 11.4 Å². The van der Waals surface area contributed by atoms with Crippen LogP contribution in [0.2, 0.25) is 0 Å². The second-order valence-corrected chi connectivity index (χ2v) is 9.00. The van der Waals surface area contributed by atoms with Crippen molar-refractivity contribution in [3.05, 3.63) is 52.0 Å². The number of carbonyl (C=O) groups is 3. The molecule has 2 unspecified atom stereocenters. The maximum atomic E-state index is 13.5. The van der Waals surface area contributed by atoms with E-state index in [2.05, 4.69) is 0 Å². The number of benzene rings is 1. The van der Waals surface area contributed by atoms with Gasteiger partial charge in [-0.05, 0) is 31.6 Å². The highest BCUT2D eigenvalue weighted by Crippen LogP contribution is 2.56. The summed E-state index contributed by atoms with van der Waals surface area (Å²) < 4.78 is 5.73. The van der Waals surface area contributed by atoms with Gasteiger partial charge in [0.1, 0.15) is 22.8 Å². The number of primary amides is 1. The molecule has 6 atom stereocenters. The Bertz CT molecular complexity index is 1150. The molecule has 1 aromatic carbocycles. The number of rotatable bonds is 3. The third-order valence-electron chi connectivity index (χ3n) is 7.24. The predicted octanol–water partition coefficient (Wildman–Crippen LogP) is 0.307. The van der Waals surface area contributed by atoms with Gasteiger partial charge in [-0.1, -0.05) is 19.1 Å². The molecule has 10 heteroatoms. The summed E-state index contributed by atoms with van der Waals surface area (Å²) in [7, 11) is 4.45. The van der Waals surface area contributed by atoms with Gasteiger partial charge < -0.3 is 30.9 Å². The average Bonchev–Trinajstić information content (AvgIpc) is 2.73. The summed E-state index contributed by atoms with van der Waals surface area (Å²) in [6, 6.07) is 3.46. The van der Waals surface area contributed by atoms with Crippen LogP contribution < -0.4 is 5.73 Å². The number of hydrogen-bond acceptors (Lipinski definition) is 9. The van der Waals surface area contributed by atoms with Crippen molar-refractivity contribution in [2.45, 2.75) is 30.6 Å². The van der Waals surface area contributed by atoms with Gasteiger partial charge in [-0.25, -0.2) is 0 Å². The molecule has 1 aromatic rings. The maximum absolute atomic E-state index is 13.5. The number of phenols is 1. The molecule has 10 nitrogen and oxygen atoms in total. The van der Waals surface area contributed by atoms with Crippen molar-refractivity contribution in [3.8, 4) is 5.75 Å². The minimum absolute atomic E-state index is 0.0411. The summed E-state index contributed by atoms with van der Waals surface area (Å²) in [5, 5.41) is 44.2. The zero-order chi connectivity index (χ0) is 24.6. The van der Waals surface area contributed by atoms with E-state index in [0.29, 0.717) is 5.56 Å². The number of carbonyl (C=O) groups excluding carboxylic acids is 3. The largest absolute Gasteiger partial charge is 0.510 e. The van der Waals surface area contributed by atoms with E-state index in [1.807, 2.05) is 0 Å². The van der Waals surface area contributed by atoms with Gasteiger partial charge in [0.05, 0.1) is 23.6 Å². The second-order valence-electron chi connectivity index (χ2n) is 9.00. The summed E-state index contributed by atoms with van der Waals surface area (Å²) in [6.45, 7) is 1.78. The molecule has 3 aliphatic carbocycles. The molecule has 1 amide bonds. The van der Waals surface area contributed by atoms with Crippen molar-refractivity contribution >= 4 is 17.5 Å². The monoisotopic (exact) mass is 458 g/mol. The van der Waals surface area contributed by atoms with Gasteiger partial charge in [-0.2, -0.15) is 0 Å². The Morgan fingerprint density at radius 1 is 1.18 bits per heavy atom. The summed E-state index contributed by atoms with van der Waals surface area (Å²) in [6.07, 6.45) is -1.04. The maximum Gasteiger partial charge on any atom is 0.255 e. The fourth-order valence-electron chi connectivity index (χ4n) is 5.84. The zero-order valence-corrected chi connectivity index (χ0v) is 18.6. The Morgan fingerprint density at radius 2 is 1.82 bits per heavy atom. The van der Waals surface area contributed by atoms with E-state index in [1.54, 1.807) is 33.2 Å². The van der Waals surface area contributed by atoms with Crippen molar-refractivity contribution in [2.75, 3.05) is 21.2 Å². The molecule has 176 valence electrons. The van der Waals surface area contributed by atoms with E-state index in [0.717, 1.165) is 0 Å². The van der Waals surface area contributed by atoms with Crippen molar-refractivity contribution in [1.29, 1.82) is 0 Å². The highest BCUT2D eigenvalue weighted by atomic mass is 16.5. The van der Waals surface area contributed by atoms with Crippen LogP contribution in [0.15, 0.2) is 40.9 Å². The fourth-order valence-corrected chi connectivity index (χ4v) is 5.84. The third-order valence-corrected chi connectivity index (χ3v) is 7.24. The van der Waals surface area contributed by atoms with Gasteiger partial charge in [0.2, 0.25) is 5.78 Å². The van der Waals surface area contributed by atoms with E-state index in [9.17, 15) is 34.8 Å². The summed E-state index contributed by atoms with van der Waals surface area (Å²) in [5.74, 6) is -7.80. The lowest BCUT2D eigenvalue weighted by molar-refractivity contribution is -0.165. The van der Waals surface area contributed by atoms with Crippen molar-refractivity contribution in [1.82, 2.24) is 4.90 Å². The van der Waals surface area contributed by atoms with Gasteiger partial charge >= 0.3 is 0 Å². The van der Waals surface area contributed by atoms with Gasteiger partial charge in [-0.15, -0.1) is 0 Å². The van der Waals surface area contributed by atoms with E-state index in [4.69, 9.17) is 10.5 Å². The lowest BCUT2D eigenvalue weighted by Gasteiger charge is -2.54. The van der Waals surface area contributed by atoms with Gasteiger partial charge in [-0.3, -0.25) is 19.3 Å². The first-order chi connectivity index (χ1) is 15.4. The molecule has 4 rings (SSSR count). The first-order valence-electron chi connectivity index (χ1n) is 10.4. The number of phenolic OH excluding ortho intramolecular Hbond substituents is 1. The van der Waals surface area contributed by atoms with Crippen molar-refractivity contribution in [3.63, 3.8) is 0 Å². The van der Waals surface area contributed by atoms with Crippen LogP contribution in [0.1, 0.15) is 28.8 Å². The molecule has 6 N–H and O–H groups in total. The molecule has 3 aliphatic rings. The number of methoxy groups -OCH3 is 1. The van der Waals surface area contributed by atoms with Crippen LogP contribution in [0.4, 0.5) is 0 Å². The van der Waals surface area contributed by atoms with Crippen LogP contribution in [0.5, 0.6) is 5.75 Å². The number of aromatic hydroxyl groups is 1. The Labute approximate surface area is 189 Å². The highest BCUT2D eigenvalue weighted by Gasteiger charge is 2.67. The molecule has 0 fully saturated rings. The van der Waals surface area contributed by atoms with Crippen molar-refractivity contribution in [2.24, 2.45) is 17.6 Å². The minimum atomic E-state index is -2.77. The number of ketones is 2. The number of fused-ring (bicyclic) bond motifs is 3. The van der Waals surface area contributed by atoms with Crippen LogP contribution in [0, 0.1) is 11.8 Å². The molecular formula is C23H26N2O8. The molecule has 0 heterocycles. The lowest BCUT2D eigenvalue weighted by atomic mass is 9.55. The van der Waals surface area contributed by atoms with E-state index in [1.165, 1.54) is 18.1 Å². The summed E-state index contributed by atoms with van der Waals surface area (Å²) >= 11 is 0. The molecule has 33 heavy (non-hydrogen) atoms. The first kappa shape index (κ1) is 23.0. The number of aliphatic hydroxyl groups is 3. The number of aliphatic hydroxyl groups excluding tert-OH is 2. The first-order valence-corrected chi connectivity index (χ1v) is 10.4. The Morgan fingerprint density at radius 3 is 2.36 bits per heavy atom. The van der Waals surface area contributed by atoms with E-state index in [-0.39, 0.29) is 16.9 Å². The standard InChI is InChI=1S/C23H26N2O8/c1-8-9-6-5-7-10(26)12(9)17(27)13-11(8)19(33-4)15-16(25(2)3)18(28)14(22(24)31)21(30)23(15,32)20(13)29/h5-8,11,15-16,19,26,28-29,32H,1-4H3,(H2,24,31)/t8?,11-,15-,16+,19?,23+/m1/s1. The number of nitrogens with zero attached hydrogens (tertiary/aromatic N) is 1. The van der Waals surface area contributed by atoms with Crippen LogP contribution in [-0.4, -0.2) is 81.8 Å². The molecular weight excluding hydrogens is 432 g/mol. The number of Topliss-reactive ketones (excluding diaryl/α,β-unsaturated/α-hetero) is 2. The summed E-state index contributed by atoms with van der Waals surface area (Å²) in [5.41, 5.74) is 1.91. The SMILES string of the molecule is COC1[C@H]2C(=C(O)[C@]3(O)C(=O)C(C(N)=O)=C(O)[C@@H](N(C)C)[C@H]13)C(=O)c1c(O)cccc1C2C. The molecule has 0 saturated carbocycles. The lowest BCUT2D eigenvalue weighted by Crippen LogP contribution is -2.68. The van der Waals surface area contributed by atoms with E-state index < -0.39 is 70.1 Å². The number of ether oxygens (including phenoxy) is 1. The quantitative estimate of drug-likeness (QED) is 0.400. The van der Waals surface area contributed by atoms with Gasteiger partial charge in [0, 0.05) is 18.6 Å². The number of nitrogens with two attached hydrogens (primary N) is 1. The van der Waals surface area contributed by atoms with Crippen LogP contribution in [0.3, 0.4) is 0 Å². The highest BCUT2D eigenvalue weighted by molar-refractivity contribution is 6.25. The van der Waals surface area contributed by atoms with Gasteiger partial charge in [0.25, 0.3) is 5.91 Å². The Balaban J connectivity index is 2.09. The van der Waals surface area contributed by atoms with Crippen LogP contribution >= 0.6 is 0 Å². The van der Waals surface area contributed by atoms with Crippen LogP contribution in [0.25, 0.3) is 0 Å². The zero-order valence-electron chi connectivity index (χ0n) is 18.6. The smallest absolute Gasteiger partial charge is 0.255 e. The molecule has 0 spiro atoms. The second kappa shape index (κ2) is 7.41. The third kappa shape index (κ3) is 2.74. The number of likely N-dealkylation sites (N-methyl/N-ethyl adjacent to an activating group) is 1.